The lowest BCUT2D eigenvalue weighted by molar-refractivity contribution is 1.34. The van der Waals surface area contributed by atoms with Crippen LogP contribution in [0, 0.1) is 0 Å². The molecule has 0 fully saturated rings. The lowest BCUT2D eigenvalue weighted by atomic mass is 10.2. The van der Waals surface area contributed by atoms with Crippen molar-refractivity contribution in [2.75, 3.05) is 11.9 Å². The largest absolute Gasteiger partial charge is 0.381 e. The Balaban J connectivity index is 1.90. The van der Waals surface area contributed by atoms with E-state index in [0.717, 1.165) is 12.2 Å². The van der Waals surface area contributed by atoms with Crippen molar-refractivity contribution >= 4 is 35.0 Å². The lowest BCUT2D eigenvalue weighted by Gasteiger charge is -2.04. The fraction of sp³-hybridized carbons (Fsp3) is 0.0667. The van der Waals surface area contributed by atoms with E-state index in [9.17, 15) is 0 Å². The van der Waals surface area contributed by atoms with E-state index in [1.54, 1.807) is 6.07 Å². The van der Waals surface area contributed by atoms with E-state index >= 15 is 0 Å². The molecule has 0 saturated carbocycles. The standard InChI is InChI=1S/C15H13Cl2N/c16-13-9-14(17)11-15(10-13)18-8-4-7-12-5-2-1-3-6-12/h1-7,9-11,18H,8H2. The van der Waals surface area contributed by atoms with E-state index in [0.29, 0.717) is 10.0 Å². The van der Waals surface area contributed by atoms with Gasteiger partial charge in [-0.15, -0.1) is 0 Å². The second-order valence-corrected chi connectivity index (χ2v) is 4.72. The van der Waals surface area contributed by atoms with Crippen LogP contribution in [0.2, 0.25) is 10.0 Å². The molecule has 3 heteroatoms. The van der Waals surface area contributed by atoms with Gasteiger partial charge in [-0.25, -0.2) is 0 Å². The molecule has 0 bridgehead atoms. The highest BCUT2D eigenvalue weighted by molar-refractivity contribution is 6.35. The van der Waals surface area contributed by atoms with Crippen molar-refractivity contribution in [2.24, 2.45) is 0 Å². The van der Waals surface area contributed by atoms with Gasteiger partial charge in [0, 0.05) is 22.3 Å². The summed E-state index contributed by atoms with van der Waals surface area (Å²) in [5.74, 6) is 0. The molecular formula is C15H13Cl2N. The molecule has 0 heterocycles. The summed E-state index contributed by atoms with van der Waals surface area (Å²) in [4.78, 5) is 0. The summed E-state index contributed by atoms with van der Waals surface area (Å²) in [7, 11) is 0. The van der Waals surface area contributed by atoms with E-state index in [1.807, 2.05) is 30.3 Å². The minimum Gasteiger partial charge on any atom is -0.381 e. The smallest absolute Gasteiger partial charge is 0.0441 e. The zero-order chi connectivity index (χ0) is 12.8. The van der Waals surface area contributed by atoms with Crippen LogP contribution in [0.15, 0.2) is 54.6 Å². The van der Waals surface area contributed by atoms with Gasteiger partial charge in [-0.2, -0.15) is 0 Å². The number of benzene rings is 2. The molecule has 2 aromatic rings. The zero-order valence-electron chi connectivity index (χ0n) is 9.74. The monoisotopic (exact) mass is 277 g/mol. The highest BCUT2D eigenvalue weighted by atomic mass is 35.5. The highest BCUT2D eigenvalue weighted by Gasteiger charge is 1.96. The van der Waals surface area contributed by atoms with Crippen LogP contribution in [0.25, 0.3) is 6.08 Å². The Kier molecular flexibility index (Phi) is 4.68. The number of rotatable bonds is 4. The number of hydrogen-bond donors (Lipinski definition) is 1. The summed E-state index contributed by atoms with van der Waals surface area (Å²) in [6, 6.07) is 15.6. The van der Waals surface area contributed by atoms with E-state index in [2.05, 4.69) is 29.6 Å². The third kappa shape index (κ3) is 4.10. The van der Waals surface area contributed by atoms with Crippen molar-refractivity contribution in [1.82, 2.24) is 0 Å². The summed E-state index contributed by atoms with van der Waals surface area (Å²) in [5, 5.41) is 4.51. The van der Waals surface area contributed by atoms with Crippen molar-refractivity contribution in [1.29, 1.82) is 0 Å². The topological polar surface area (TPSA) is 12.0 Å². The van der Waals surface area contributed by atoms with Gasteiger partial charge in [-0.05, 0) is 23.8 Å². The maximum atomic E-state index is 5.92. The van der Waals surface area contributed by atoms with Gasteiger partial charge in [-0.3, -0.25) is 0 Å². The summed E-state index contributed by atoms with van der Waals surface area (Å²) in [5.41, 5.74) is 2.11. The normalized spacial score (nSPS) is 10.8. The minimum absolute atomic E-state index is 0.636. The Morgan fingerprint density at radius 1 is 0.944 bits per heavy atom. The van der Waals surface area contributed by atoms with Gasteiger partial charge >= 0.3 is 0 Å². The SMILES string of the molecule is Clc1cc(Cl)cc(NCC=Cc2ccccc2)c1. The predicted octanol–water partition coefficient (Wildman–Crippen LogP) is 5.12. The van der Waals surface area contributed by atoms with Crippen LogP contribution in [-0.2, 0) is 0 Å². The van der Waals surface area contributed by atoms with Gasteiger partial charge in [0.15, 0.2) is 0 Å². The summed E-state index contributed by atoms with van der Waals surface area (Å²) >= 11 is 11.8. The Labute approximate surface area is 117 Å². The first-order chi connectivity index (χ1) is 8.74. The molecule has 2 aromatic carbocycles. The molecule has 0 unspecified atom stereocenters. The number of anilines is 1. The Hall–Kier alpha value is -1.44. The summed E-state index contributed by atoms with van der Waals surface area (Å²) in [6.45, 7) is 0.728. The molecular weight excluding hydrogens is 265 g/mol. The Morgan fingerprint density at radius 3 is 2.28 bits per heavy atom. The van der Waals surface area contributed by atoms with E-state index in [-0.39, 0.29) is 0 Å². The molecule has 1 N–H and O–H groups in total. The van der Waals surface area contributed by atoms with Gasteiger partial charge in [0.05, 0.1) is 0 Å². The Bertz CT molecular complexity index is 515. The maximum Gasteiger partial charge on any atom is 0.0441 e. The fourth-order valence-electron chi connectivity index (χ4n) is 1.59. The molecule has 0 aliphatic heterocycles. The van der Waals surface area contributed by atoms with E-state index in [1.165, 1.54) is 5.56 Å². The van der Waals surface area contributed by atoms with Crippen LogP contribution in [0.3, 0.4) is 0 Å². The minimum atomic E-state index is 0.636. The number of nitrogens with one attached hydrogen (secondary N) is 1. The first kappa shape index (κ1) is 13.0. The van der Waals surface area contributed by atoms with Gasteiger partial charge < -0.3 is 5.32 Å². The predicted molar refractivity (Wildman–Crippen MR) is 80.4 cm³/mol. The summed E-state index contributed by atoms with van der Waals surface area (Å²) in [6.07, 6.45) is 4.13. The molecule has 0 amide bonds. The molecule has 2 rings (SSSR count). The van der Waals surface area contributed by atoms with Crippen LogP contribution in [0.4, 0.5) is 5.69 Å². The zero-order valence-corrected chi connectivity index (χ0v) is 11.2. The molecule has 0 atom stereocenters. The quantitative estimate of drug-likeness (QED) is 0.818. The molecule has 0 aliphatic rings. The van der Waals surface area contributed by atoms with Gasteiger partial charge in [0.1, 0.15) is 0 Å². The molecule has 92 valence electrons. The molecule has 0 spiro atoms. The van der Waals surface area contributed by atoms with Crippen LogP contribution < -0.4 is 5.32 Å². The van der Waals surface area contributed by atoms with Crippen LogP contribution in [0.1, 0.15) is 5.56 Å². The molecule has 0 aromatic heterocycles. The third-order valence-electron chi connectivity index (χ3n) is 2.40. The van der Waals surface area contributed by atoms with Crippen LogP contribution in [-0.4, -0.2) is 6.54 Å². The van der Waals surface area contributed by atoms with Gasteiger partial charge in [-0.1, -0.05) is 65.7 Å². The average Bonchev–Trinajstić information content (AvgIpc) is 2.35. The Morgan fingerprint density at radius 2 is 1.61 bits per heavy atom. The van der Waals surface area contributed by atoms with E-state index in [4.69, 9.17) is 23.2 Å². The van der Waals surface area contributed by atoms with Crippen molar-refractivity contribution in [3.05, 3.63) is 70.2 Å². The molecule has 0 aliphatic carbocycles. The molecule has 0 radical (unpaired) electrons. The third-order valence-corrected chi connectivity index (χ3v) is 2.83. The van der Waals surface area contributed by atoms with Crippen LogP contribution in [0.5, 0.6) is 0 Å². The lowest BCUT2D eigenvalue weighted by Crippen LogP contribution is -1.97. The van der Waals surface area contributed by atoms with Gasteiger partial charge in [0.2, 0.25) is 0 Å². The number of hydrogen-bond acceptors (Lipinski definition) is 1. The highest BCUT2D eigenvalue weighted by Crippen LogP contribution is 2.22. The van der Waals surface area contributed by atoms with Crippen molar-refractivity contribution < 1.29 is 0 Å². The second kappa shape index (κ2) is 6.48. The fourth-order valence-corrected chi connectivity index (χ4v) is 2.12. The number of halogens is 2. The van der Waals surface area contributed by atoms with Crippen LogP contribution >= 0.6 is 23.2 Å². The van der Waals surface area contributed by atoms with Crippen molar-refractivity contribution in [2.45, 2.75) is 0 Å². The molecule has 0 saturated heterocycles. The average molecular weight is 278 g/mol. The van der Waals surface area contributed by atoms with Crippen molar-refractivity contribution in [3.63, 3.8) is 0 Å². The first-order valence-corrected chi connectivity index (χ1v) is 6.41. The second-order valence-electron chi connectivity index (χ2n) is 3.85. The van der Waals surface area contributed by atoms with Crippen molar-refractivity contribution in [3.8, 4) is 0 Å². The first-order valence-electron chi connectivity index (χ1n) is 5.65. The van der Waals surface area contributed by atoms with E-state index < -0.39 is 0 Å². The van der Waals surface area contributed by atoms with Gasteiger partial charge in [0.25, 0.3) is 0 Å². The summed E-state index contributed by atoms with van der Waals surface area (Å²) < 4.78 is 0. The molecule has 1 nitrogen and oxygen atoms in total. The molecule has 18 heavy (non-hydrogen) atoms. The maximum absolute atomic E-state index is 5.92.